The maximum Gasteiger partial charge on any atom is 0.416 e. The summed E-state index contributed by atoms with van der Waals surface area (Å²) >= 11 is 0. The lowest BCUT2D eigenvalue weighted by Gasteiger charge is -2.40. The molecule has 27 heavy (non-hydrogen) atoms. The zero-order chi connectivity index (χ0) is 21.0. The van der Waals surface area contributed by atoms with Gasteiger partial charge in [0.25, 0.3) is 0 Å². The lowest BCUT2D eigenvalue weighted by atomic mass is 9.55. The molecule has 0 nitrogen and oxygen atoms in total. The van der Waals surface area contributed by atoms with Gasteiger partial charge in [-0.25, -0.2) is 0 Å². The first kappa shape index (κ1) is 24.2. The van der Waals surface area contributed by atoms with E-state index in [1.54, 1.807) is 0 Å². The number of halogens is 3. The molecule has 0 aliphatic heterocycles. The molecule has 2 atom stereocenters. The van der Waals surface area contributed by atoms with E-state index in [1.807, 2.05) is 7.85 Å². The summed E-state index contributed by atoms with van der Waals surface area (Å²) < 4.78 is 40.6. The van der Waals surface area contributed by atoms with Crippen molar-refractivity contribution in [3.63, 3.8) is 0 Å². The number of alkyl halides is 3. The van der Waals surface area contributed by atoms with E-state index in [1.165, 1.54) is 12.1 Å². The third kappa shape index (κ3) is 5.57. The molecule has 0 fully saturated rings. The highest BCUT2D eigenvalue weighted by atomic mass is 19.4. The van der Waals surface area contributed by atoms with Crippen molar-refractivity contribution in [1.29, 1.82) is 0 Å². The summed E-state index contributed by atoms with van der Waals surface area (Å²) in [5, 5.41) is 0. The zero-order valence-corrected chi connectivity index (χ0v) is 18.6. The second-order valence-corrected chi connectivity index (χ2v) is 9.22. The van der Waals surface area contributed by atoms with Crippen molar-refractivity contribution >= 4 is 21.2 Å². The van der Waals surface area contributed by atoms with Gasteiger partial charge in [0.15, 0.2) is 0 Å². The average Bonchev–Trinajstić information content (AvgIpc) is 2.58. The van der Waals surface area contributed by atoms with Crippen LogP contribution in [0.15, 0.2) is 12.1 Å². The summed E-state index contributed by atoms with van der Waals surface area (Å²) in [6.07, 6.45) is 1.87. The molecule has 5 heteroatoms. The highest BCUT2D eigenvalue weighted by Crippen LogP contribution is 2.45. The Labute approximate surface area is 166 Å². The summed E-state index contributed by atoms with van der Waals surface area (Å²) in [7, 11) is 4.08. The first-order valence-corrected chi connectivity index (χ1v) is 10.6. The Kier molecular flexibility index (Phi) is 8.14. The Hall–Kier alpha value is -0.860. The van der Waals surface area contributed by atoms with E-state index in [9.17, 15) is 13.2 Å². The monoisotopic (exact) mass is 380 g/mol. The highest BCUT2D eigenvalue weighted by molar-refractivity contribution is 6.34. The molecule has 0 bridgehead atoms. The number of unbranched alkanes of at least 4 members (excludes halogenated alkanes) is 1. The fraction of sp³-hybridized carbons (Fsp3) is 0.727. The molecule has 0 spiro atoms. The summed E-state index contributed by atoms with van der Waals surface area (Å²) in [5.74, 6) is 0.223. The maximum atomic E-state index is 13.5. The molecule has 0 aliphatic carbocycles. The second kappa shape index (κ2) is 9.09. The van der Waals surface area contributed by atoms with Crippen LogP contribution in [0.25, 0.3) is 0 Å². The predicted octanol–water partition coefficient (Wildman–Crippen LogP) is 5.32. The topological polar surface area (TPSA) is 0 Å². The number of hydrogen-bond donors (Lipinski definition) is 0. The minimum Gasteiger partial charge on any atom is -0.166 e. The zero-order valence-electron chi connectivity index (χ0n) is 18.6. The van der Waals surface area contributed by atoms with E-state index in [0.717, 1.165) is 55.1 Å². The van der Waals surface area contributed by atoms with Crippen LogP contribution in [-0.2, 0) is 11.6 Å². The minimum absolute atomic E-state index is 0.0921. The van der Waals surface area contributed by atoms with Gasteiger partial charge in [0.1, 0.15) is 15.7 Å². The van der Waals surface area contributed by atoms with Gasteiger partial charge >= 0.3 is 6.18 Å². The maximum absolute atomic E-state index is 13.5. The SMILES string of the molecule is Bc1cc(C(F)(F)F)cc(C(C)(C)CCCC)c1C(B)C(C)(CC)CCC. The molecule has 0 aliphatic rings. The lowest BCUT2D eigenvalue weighted by Crippen LogP contribution is -2.34. The summed E-state index contributed by atoms with van der Waals surface area (Å²) in [5.41, 5.74) is 2.13. The van der Waals surface area contributed by atoms with Crippen molar-refractivity contribution in [2.24, 2.45) is 5.41 Å². The van der Waals surface area contributed by atoms with Gasteiger partial charge in [0.05, 0.1) is 5.56 Å². The van der Waals surface area contributed by atoms with Gasteiger partial charge in [-0.2, -0.15) is 13.2 Å². The molecule has 0 saturated heterocycles. The number of rotatable bonds is 9. The van der Waals surface area contributed by atoms with Gasteiger partial charge in [0, 0.05) is 0 Å². The molecule has 1 aromatic carbocycles. The smallest absolute Gasteiger partial charge is 0.166 e. The third-order valence-corrected chi connectivity index (χ3v) is 6.71. The molecule has 152 valence electrons. The molecule has 0 amide bonds. The summed E-state index contributed by atoms with van der Waals surface area (Å²) in [6, 6.07) is 2.80. The van der Waals surface area contributed by atoms with E-state index in [-0.39, 0.29) is 16.6 Å². The van der Waals surface area contributed by atoms with Crippen molar-refractivity contribution in [3.05, 3.63) is 28.8 Å². The Morgan fingerprint density at radius 3 is 2.00 bits per heavy atom. The quantitative estimate of drug-likeness (QED) is 0.509. The van der Waals surface area contributed by atoms with E-state index >= 15 is 0 Å². The van der Waals surface area contributed by atoms with Crippen molar-refractivity contribution in [1.82, 2.24) is 0 Å². The van der Waals surface area contributed by atoms with Gasteiger partial charge in [-0.1, -0.05) is 84.3 Å². The fourth-order valence-electron chi connectivity index (χ4n) is 4.47. The number of benzene rings is 1. The van der Waals surface area contributed by atoms with Crippen LogP contribution in [0.5, 0.6) is 0 Å². The summed E-state index contributed by atoms with van der Waals surface area (Å²) in [6.45, 7) is 13.0. The van der Waals surface area contributed by atoms with E-state index in [4.69, 9.17) is 0 Å². The first-order chi connectivity index (χ1) is 12.3. The van der Waals surface area contributed by atoms with Crippen LogP contribution >= 0.6 is 0 Å². The van der Waals surface area contributed by atoms with Crippen molar-refractivity contribution in [3.8, 4) is 0 Å². The molecule has 0 N–H and O–H groups in total. The number of hydrogen-bond acceptors (Lipinski definition) is 0. The van der Waals surface area contributed by atoms with Crippen LogP contribution in [0.1, 0.15) is 103 Å². The largest absolute Gasteiger partial charge is 0.416 e. The van der Waals surface area contributed by atoms with Gasteiger partial charge in [-0.3, -0.25) is 0 Å². The standard InChI is InChI=1S/C22H37B2F3/c1-7-10-12-20(4,5)16-13-15(22(25,26)27)14-17(23)18(16)19(24)21(6,9-3)11-8-2/h13-14,19H,7-12,23-24H2,1-6H3. The van der Waals surface area contributed by atoms with Gasteiger partial charge in [-0.05, 0) is 41.1 Å². The van der Waals surface area contributed by atoms with Crippen LogP contribution in [0.4, 0.5) is 13.2 Å². The highest BCUT2D eigenvalue weighted by Gasteiger charge is 2.38. The van der Waals surface area contributed by atoms with Gasteiger partial charge in [0.2, 0.25) is 0 Å². The summed E-state index contributed by atoms with van der Waals surface area (Å²) in [4.78, 5) is 0. The predicted molar refractivity (Wildman–Crippen MR) is 117 cm³/mol. The molecule has 0 saturated carbocycles. The Balaban J connectivity index is 3.67. The minimum atomic E-state index is -4.31. The second-order valence-electron chi connectivity index (χ2n) is 9.22. The Morgan fingerprint density at radius 1 is 0.963 bits per heavy atom. The van der Waals surface area contributed by atoms with Crippen LogP contribution < -0.4 is 5.46 Å². The van der Waals surface area contributed by atoms with Crippen LogP contribution in [0.2, 0.25) is 0 Å². The molecule has 0 aromatic heterocycles. The van der Waals surface area contributed by atoms with Gasteiger partial charge < -0.3 is 0 Å². The Bertz CT molecular complexity index is 623. The van der Waals surface area contributed by atoms with Crippen molar-refractivity contribution in [2.75, 3.05) is 0 Å². The molecular weight excluding hydrogens is 343 g/mol. The molecular formula is C22H37B2F3. The fourth-order valence-corrected chi connectivity index (χ4v) is 4.47. The van der Waals surface area contributed by atoms with E-state index in [0.29, 0.717) is 0 Å². The lowest BCUT2D eigenvalue weighted by molar-refractivity contribution is -0.137. The van der Waals surface area contributed by atoms with Crippen LogP contribution in [0, 0.1) is 5.41 Å². The first-order valence-electron chi connectivity index (χ1n) is 10.6. The third-order valence-electron chi connectivity index (χ3n) is 6.71. The Morgan fingerprint density at radius 2 is 1.56 bits per heavy atom. The van der Waals surface area contributed by atoms with E-state index in [2.05, 4.69) is 49.4 Å². The molecule has 1 aromatic rings. The molecule has 1 rings (SSSR count). The molecule has 0 heterocycles. The van der Waals surface area contributed by atoms with Gasteiger partial charge in [-0.15, -0.1) is 0 Å². The van der Waals surface area contributed by atoms with Crippen LogP contribution in [-0.4, -0.2) is 15.7 Å². The normalized spacial score (nSPS) is 16.2. The molecule has 2 unspecified atom stereocenters. The van der Waals surface area contributed by atoms with E-state index < -0.39 is 11.7 Å². The van der Waals surface area contributed by atoms with Crippen molar-refractivity contribution in [2.45, 2.75) is 97.5 Å². The molecule has 0 radical (unpaired) electrons. The van der Waals surface area contributed by atoms with Crippen molar-refractivity contribution < 1.29 is 13.2 Å². The van der Waals surface area contributed by atoms with Crippen LogP contribution in [0.3, 0.4) is 0 Å². The average molecular weight is 380 g/mol.